The lowest BCUT2D eigenvalue weighted by molar-refractivity contribution is 1.14. The summed E-state index contributed by atoms with van der Waals surface area (Å²) in [7, 11) is 0. The number of nitriles is 1. The molecule has 0 aliphatic heterocycles. The highest BCUT2D eigenvalue weighted by Gasteiger charge is 2.06. The summed E-state index contributed by atoms with van der Waals surface area (Å²) in [4.78, 5) is 14.7. The standard InChI is InChI=1S/C8H6N6/c9-3-5-7(10)14-6(4-13-5)8-11-1-2-12-8/h1-2,4H,(H2,10,14)(H,11,12). The number of aromatic nitrogens is 4. The first-order chi connectivity index (χ1) is 6.81. The fourth-order valence-corrected chi connectivity index (χ4v) is 1.01. The van der Waals surface area contributed by atoms with Crippen LogP contribution in [0.5, 0.6) is 0 Å². The van der Waals surface area contributed by atoms with Gasteiger partial charge in [0.05, 0.1) is 6.20 Å². The topological polar surface area (TPSA) is 104 Å². The van der Waals surface area contributed by atoms with Gasteiger partial charge >= 0.3 is 0 Å². The minimum absolute atomic E-state index is 0.112. The zero-order chi connectivity index (χ0) is 9.97. The molecule has 6 nitrogen and oxygen atoms in total. The quantitative estimate of drug-likeness (QED) is 0.667. The lowest BCUT2D eigenvalue weighted by Crippen LogP contribution is -1.99. The van der Waals surface area contributed by atoms with E-state index in [4.69, 9.17) is 11.0 Å². The van der Waals surface area contributed by atoms with Gasteiger partial charge in [-0.05, 0) is 0 Å². The van der Waals surface area contributed by atoms with Crippen molar-refractivity contribution in [2.45, 2.75) is 0 Å². The second kappa shape index (κ2) is 3.14. The molecule has 0 saturated heterocycles. The first-order valence-electron chi connectivity index (χ1n) is 3.83. The van der Waals surface area contributed by atoms with Gasteiger partial charge in [0.25, 0.3) is 0 Å². The highest BCUT2D eigenvalue weighted by atomic mass is 15.0. The Labute approximate surface area is 79.5 Å². The van der Waals surface area contributed by atoms with Crippen LogP contribution in [0.25, 0.3) is 11.5 Å². The Balaban J connectivity index is 2.49. The summed E-state index contributed by atoms with van der Waals surface area (Å²) in [6, 6.07) is 1.84. The van der Waals surface area contributed by atoms with Gasteiger partial charge in [0.2, 0.25) is 0 Å². The number of hydrogen-bond donors (Lipinski definition) is 2. The van der Waals surface area contributed by atoms with E-state index in [-0.39, 0.29) is 11.5 Å². The summed E-state index contributed by atoms with van der Waals surface area (Å²) >= 11 is 0. The van der Waals surface area contributed by atoms with Crippen LogP contribution >= 0.6 is 0 Å². The molecule has 0 aliphatic carbocycles. The Kier molecular flexibility index (Phi) is 1.84. The molecular formula is C8H6N6. The van der Waals surface area contributed by atoms with Crippen LogP contribution in [0, 0.1) is 11.3 Å². The molecule has 0 atom stereocenters. The van der Waals surface area contributed by atoms with Crippen LogP contribution in [-0.2, 0) is 0 Å². The number of H-pyrrole nitrogens is 1. The lowest BCUT2D eigenvalue weighted by Gasteiger charge is -1.98. The van der Waals surface area contributed by atoms with Crippen LogP contribution in [0.2, 0.25) is 0 Å². The Morgan fingerprint density at radius 2 is 2.29 bits per heavy atom. The van der Waals surface area contributed by atoms with Crippen molar-refractivity contribution in [1.29, 1.82) is 5.26 Å². The van der Waals surface area contributed by atoms with E-state index in [1.165, 1.54) is 6.20 Å². The third-order valence-electron chi connectivity index (χ3n) is 1.65. The zero-order valence-electron chi connectivity index (χ0n) is 7.10. The van der Waals surface area contributed by atoms with Gasteiger partial charge in [-0.1, -0.05) is 0 Å². The van der Waals surface area contributed by atoms with E-state index in [9.17, 15) is 0 Å². The molecule has 68 valence electrons. The largest absolute Gasteiger partial charge is 0.381 e. The highest BCUT2D eigenvalue weighted by molar-refractivity contribution is 5.53. The van der Waals surface area contributed by atoms with Crippen molar-refractivity contribution in [3.63, 3.8) is 0 Å². The number of nitrogen functional groups attached to an aromatic ring is 1. The maximum Gasteiger partial charge on any atom is 0.182 e. The van der Waals surface area contributed by atoms with Crippen molar-refractivity contribution in [1.82, 2.24) is 19.9 Å². The first-order valence-corrected chi connectivity index (χ1v) is 3.83. The van der Waals surface area contributed by atoms with Crippen LogP contribution in [0.3, 0.4) is 0 Å². The van der Waals surface area contributed by atoms with Crippen molar-refractivity contribution in [2.24, 2.45) is 0 Å². The molecule has 0 bridgehead atoms. The van der Waals surface area contributed by atoms with E-state index >= 15 is 0 Å². The zero-order valence-corrected chi connectivity index (χ0v) is 7.10. The Hall–Kier alpha value is -2.42. The Morgan fingerprint density at radius 1 is 1.43 bits per heavy atom. The SMILES string of the molecule is N#Cc1ncc(-c2ncc[nH]2)nc1N. The molecule has 0 aromatic carbocycles. The van der Waals surface area contributed by atoms with E-state index < -0.39 is 0 Å². The van der Waals surface area contributed by atoms with Crippen molar-refractivity contribution >= 4 is 5.82 Å². The number of rotatable bonds is 1. The second-order valence-electron chi connectivity index (χ2n) is 2.54. The van der Waals surface area contributed by atoms with Gasteiger partial charge in [-0.25, -0.2) is 15.0 Å². The van der Waals surface area contributed by atoms with Gasteiger partial charge in [-0.15, -0.1) is 0 Å². The molecule has 0 fully saturated rings. The first kappa shape index (κ1) is 8.19. The van der Waals surface area contributed by atoms with Crippen LogP contribution in [0.4, 0.5) is 5.82 Å². The molecule has 6 heteroatoms. The fraction of sp³-hybridized carbons (Fsp3) is 0. The summed E-state index contributed by atoms with van der Waals surface area (Å²) in [6.45, 7) is 0. The third kappa shape index (κ3) is 1.27. The van der Waals surface area contributed by atoms with E-state index in [1.807, 2.05) is 6.07 Å². The number of hydrogen-bond acceptors (Lipinski definition) is 5. The number of nitrogens with zero attached hydrogens (tertiary/aromatic N) is 4. The second-order valence-corrected chi connectivity index (χ2v) is 2.54. The van der Waals surface area contributed by atoms with Crippen LogP contribution in [0.15, 0.2) is 18.6 Å². The molecule has 0 aliphatic rings. The highest BCUT2D eigenvalue weighted by Crippen LogP contribution is 2.13. The summed E-state index contributed by atoms with van der Waals surface area (Å²) in [5, 5.41) is 8.58. The van der Waals surface area contributed by atoms with E-state index in [1.54, 1.807) is 12.4 Å². The number of anilines is 1. The van der Waals surface area contributed by atoms with Crippen molar-refractivity contribution in [2.75, 3.05) is 5.73 Å². The molecular weight excluding hydrogens is 180 g/mol. The molecule has 0 amide bonds. The molecule has 2 aromatic rings. The van der Waals surface area contributed by atoms with E-state index in [0.717, 1.165) is 0 Å². The predicted octanol–water partition coefficient (Wildman–Crippen LogP) is 0.321. The average Bonchev–Trinajstić information content (AvgIpc) is 2.70. The smallest absolute Gasteiger partial charge is 0.182 e. The van der Waals surface area contributed by atoms with Crippen LogP contribution in [0.1, 0.15) is 5.69 Å². The molecule has 14 heavy (non-hydrogen) atoms. The third-order valence-corrected chi connectivity index (χ3v) is 1.65. The number of aromatic amines is 1. The number of nitrogens with two attached hydrogens (primary N) is 1. The van der Waals surface area contributed by atoms with Crippen molar-refractivity contribution < 1.29 is 0 Å². The Morgan fingerprint density at radius 3 is 2.86 bits per heavy atom. The molecule has 2 aromatic heterocycles. The molecule has 2 rings (SSSR count). The van der Waals surface area contributed by atoms with Gasteiger partial charge in [0.15, 0.2) is 17.3 Å². The average molecular weight is 186 g/mol. The van der Waals surface area contributed by atoms with E-state index in [0.29, 0.717) is 11.5 Å². The van der Waals surface area contributed by atoms with Crippen LogP contribution in [-0.4, -0.2) is 19.9 Å². The molecule has 0 unspecified atom stereocenters. The normalized spacial score (nSPS) is 9.64. The molecule has 0 saturated carbocycles. The van der Waals surface area contributed by atoms with Gasteiger partial charge in [-0.3, -0.25) is 0 Å². The number of imidazole rings is 1. The maximum absolute atomic E-state index is 8.58. The maximum atomic E-state index is 8.58. The fourth-order valence-electron chi connectivity index (χ4n) is 1.01. The molecule has 3 N–H and O–H groups in total. The molecule has 0 radical (unpaired) electrons. The number of nitrogens with one attached hydrogen (secondary N) is 1. The minimum Gasteiger partial charge on any atom is -0.381 e. The monoisotopic (exact) mass is 186 g/mol. The van der Waals surface area contributed by atoms with Crippen molar-refractivity contribution in [3.05, 3.63) is 24.3 Å². The summed E-state index contributed by atoms with van der Waals surface area (Å²) < 4.78 is 0. The summed E-state index contributed by atoms with van der Waals surface area (Å²) in [5.41, 5.74) is 6.15. The van der Waals surface area contributed by atoms with Crippen molar-refractivity contribution in [3.8, 4) is 17.6 Å². The van der Waals surface area contributed by atoms with Gasteiger partial charge in [-0.2, -0.15) is 5.26 Å². The van der Waals surface area contributed by atoms with Gasteiger partial charge in [0.1, 0.15) is 11.8 Å². The minimum atomic E-state index is 0.112. The Bertz CT molecular complexity index is 481. The summed E-state index contributed by atoms with van der Waals surface area (Å²) in [6.07, 6.45) is 4.73. The van der Waals surface area contributed by atoms with E-state index in [2.05, 4.69) is 19.9 Å². The molecule has 0 spiro atoms. The lowest BCUT2D eigenvalue weighted by atomic mass is 10.4. The summed E-state index contributed by atoms with van der Waals surface area (Å²) in [5.74, 6) is 0.690. The predicted molar refractivity (Wildman–Crippen MR) is 48.7 cm³/mol. The van der Waals surface area contributed by atoms with Gasteiger partial charge < -0.3 is 10.7 Å². The van der Waals surface area contributed by atoms with Gasteiger partial charge in [0, 0.05) is 12.4 Å². The molecule has 2 heterocycles. The van der Waals surface area contributed by atoms with Crippen LogP contribution < -0.4 is 5.73 Å².